The van der Waals surface area contributed by atoms with E-state index in [9.17, 15) is 8.42 Å². The Kier molecular flexibility index (Phi) is 9.79. The number of aromatic nitrogens is 2. The van der Waals surface area contributed by atoms with Gasteiger partial charge in [-0.05, 0) is 76.2 Å². The molecule has 3 heterocycles. The number of nitrogens with zero attached hydrogens (tertiary/aromatic N) is 5. The van der Waals surface area contributed by atoms with E-state index >= 15 is 0 Å². The second-order valence-electron chi connectivity index (χ2n) is 11.4. The fraction of sp³-hybridized carbons (Fsp3) is 0.448. The molecule has 1 atom stereocenters. The molecule has 2 aliphatic rings. The number of nitrogens with one attached hydrogen (secondary N) is 3. The number of benzene rings is 2. The molecule has 232 valence electrons. The van der Waals surface area contributed by atoms with Gasteiger partial charge in [-0.25, -0.2) is 13.4 Å². The van der Waals surface area contributed by atoms with Crippen molar-refractivity contribution in [1.29, 1.82) is 0 Å². The van der Waals surface area contributed by atoms with Gasteiger partial charge in [0, 0.05) is 49.0 Å². The highest BCUT2D eigenvalue weighted by Crippen LogP contribution is 2.36. The van der Waals surface area contributed by atoms with Crippen LogP contribution in [-0.2, 0) is 10.0 Å². The standard InChI is InChI=1S/C29H37Cl3N8O2S/c1-18-13-25(22(31)15-27(18)39-10-7-20(8-11-39)40-12-9-21(17-40)38(2)3)35-29-33-16-23(32)28(36-29)34-26-14-19(30)5-6-24(26)37-43(4,41)42/h5-6,13-16,20-21,37H,7-12,17H2,1-4H3,(H2,33,34,35,36). The molecule has 5 rings (SSSR count). The molecule has 1 unspecified atom stereocenters. The Balaban J connectivity index is 1.27. The number of hydrogen-bond acceptors (Lipinski definition) is 9. The number of sulfonamides is 1. The van der Waals surface area contributed by atoms with Crippen molar-refractivity contribution in [3.8, 4) is 0 Å². The summed E-state index contributed by atoms with van der Waals surface area (Å²) in [6.07, 6.45) is 6.04. The lowest BCUT2D eigenvalue weighted by molar-refractivity contribution is 0.189. The van der Waals surface area contributed by atoms with Crippen molar-refractivity contribution in [2.45, 2.75) is 38.3 Å². The Morgan fingerprint density at radius 1 is 0.930 bits per heavy atom. The quantitative estimate of drug-likeness (QED) is 0.246. The summed E-state index contributed by atoms with van der Waals surface area (Å²) in [5.41, 5.74) is 3.58. The van der Waals surface area contributed by atoms with Crippen molar-refractivity contribution in [3.05, 3.63) is 57.2 Å². The van der Waals surface area contributed by atoms with Gasteiger partial charge in [0.05, 0.1) is 34.5 Å². The normalized spacial score (nSPS) is 18.3. The number of halogens is 3. The highest BCUT2D eigenvalue weighted by Gasteiger charge is 2.32. The van der Waals surface area contributed by atoms with Crippen LogP contribution in [0.3, 0.4) is 0 Å². The summed E-state index contributed by atoms with van der Waals surface area (Å²) in [7, 11) is 0.821. The Hall–Kier alpha value is -2.54. The summed E-state index contributed by atoms with van der Waals surface area (Å²) in [5.74, 6) is 0.531. The Morgan fingerprint density at radius 3 is 2.35 bits per heavy atom. The first-order chi connectivity index (χ1) is 20.4. The minimum Gasteiger partial charge on any atom is -0.371 e. The van der Waals surface area contributed by atoms with Crippen molar-refractivity contribution >= 4 is 79.3 Å². The lowest BCUT2D eigenvalue weighted by Crippen LogP contribution is -2.45. The second kappa shape index (κ2) is 13.2. The molecule has 1 aromatic heterocycles. The van der Waals surface area contributed by atoms with Crippen LogP contribution >= 0.6 is 34.8 Å². The van der Waals surface area contributed by atoms with Crippen LogP contribution in [0.5, 0.6) is 0 Å². The number of likely N-dealkylation sites (N-methyl/N-ethyl adjacent to an activating group) is 1. The summed E-state index contributed by atoms with van der Waals surface area (Å²) < 4.78 is 26.2. The van der Waals surface area contributed by atoms with Crippen LogP contribution in [0.2, 0.25) is 15.1 Å². The van der Waals surface area contributed by atoms with Gasteiger partial charge in [-0.2, -0.15) is 4.98 Å². The third-order valence-electron chi connectivity index (χ3n) is 8.05. The van der Waals surface area contributed by atoms with Crippen LogP contribution in [0.1, 0.15) is 24.8 Å². The average Bonchev–Trinajstić information content (AvgIpc) is 3.44. The van der Waals surface area contributed by atoms with Gasteiger partial charge < -0.3 is 20.4 Å². The van der Waals surface area contributed by atoms with Crippen LogP contribution in [0.4, 0.5) is 34.5 Å². The number of likely N-dealkylation sites (tertiary alicyclic amines) is 1. The van der Waals surface area contributed by atoms with E-state index in [1.54, 1.807) is 18.2 Å². The minimum absolute atomic E-state index is 0.239. The number of anilines is 6. The van der Waals surface area contributed by atoms with Crippen molar-refractivity contribution in [2.75, 3.05) is 66.8 Å². The molecular formula is C29H37Cl3N8O2S. The predicted molar refractivity (Wildman–Crippen MR) is 179 cm³/mol. The monoisotopic (exact) mass is 666 g/mol. The zero-order valence-electron chi connectivity index (χ0n) is 24.7. The van der Waals surface area contributed by atoms with Crippen LogP contribution in [0.15, 0.2) is 36.5 Å². The van der Waals surface area contributed by atoms with Gasteiger partial charge in [-0.15, -0.1) is 0 Å². The highest BCUT2D eigenvalue weighted by atomic mass is 35.5. The molecule has 0 aliphatic carbocycles. The summed E-state index contributed by atoms with van der Waals surface area (Å²) in [4.78, 5) is 16.3. The topological polar surface area (TPSA) is 106 Å². The number of aryl methyl sites for hydroxylation is 1. The third-order valence-corrected chi connectivity index (χ3v) is 9.47. The molecule has 0 saturated carbocycles. The van der Waals surface area contributed by atoms with Crippen LogP contribution in [-0.4, -0.2) is 86.8 Å². The van der Waals surface area contributed by atoms with Gasteiger partial charge in [0.15, 0.2) is 5.82 Å². The molecule has 3 aromatic rings. The van der Waals surface area contributed by atoms with E-state index in [1.807, 2.05) is 12.1 Å². The minimum atomic E-state index is -3.53. The van der Waals surface area contributed by atoms with Gasteiger partial charge in [0.1, 0.15) is 5.02 Å². The van der Waals surface area contributed by atoms with E-state index in [-0.39, 0.29) is 16.8 Å². The van der Waals surface area contributed by atoms with E-state index in [4.69, 9.17) is 34.8 Å². The summed E-state index contributed by atoms with van der Waals surface area (Å²) in [5, 5.41) is 7.46. The maximum Gasteiger partial charge on any atom is 0.229 e. The first kappa shape index (κ1) is 31.9. The van der Waals surface area contributed by atoms with Crippen molar-refractivity contribution < 1.29 is 8.42 Å². The average molecular weight is 668 g/mol. The van der Waals surface area contributed by atoms with Gasteiger partial charge >= 0.3 is 0 Å². The highest BCUT2D eigenvalue weighted by molar-refractivity contribution is 7.92. The molecule has 2 saturated heterocycles. The first-order valence-electron chi connectivity index (χ1n) is 14.2. The largest absolute Gasteiger partial charge is 0.371 e. The lowest BCUT2D eigenvalue weighted by atomic mass is 10.0. The van der Waals surface area contributed by atoms with Crippen LogP contribution < -0.4 is 20.3 Å². The number of rotatable bonds is 9. The zero-order chi connectivity index (χ0) is 30.9. The van der Waals surface area contributed by atoms with E-state index in [2.05, 4.69) is 61.0 Å². The molecule has 0 spiro atoms. The smallest absolute Gasteiger partial charge is 0.229 e. The fourth-order valence-corrected chi connectivity index (χ4v) is 6.87. The summed E-state index contributed by atoms with van der Waals surface area (Å²) in [6.45, 7) is 6.40. The fourth-order valence-electron chi connectivity index (χ4n) is 5.77. The third kappa shape index (κ3) is 7.95. The molecule has 0 bridgehead atoms. The van der Waals surface area contributed by atoms with Crippen LogP contribution in [0, 0.1) is 6.92 Å². The molecule has 0 amide bonds. The Bertz CT molecular complexity index is 1580. The predicted octanol–water partition coefficient (Wildman–Crippen LogP) is 6.21. The molecule has 43 heavy (non-hydrogen) atoms. The van der Waals surface area contributed by atoms with Gasteiger partial charge in [-0.3, -0.25) is 9.62 Å². The summed E-state index contributed by atoms with van der Waals surface area (Å²) >= 11 is 19.3. The molecule has 2 aliphatic heterocycles. The van der Waals surface area contributed by atoms with Gasteiger partial charge in [0.2, 0.25) is 16.0 Å². The molecule has 2 fully saturated rings. The van der Waals surface area contributed by atoms with Crippen molar-refractivity contribution in [1.82, 2.24) is 19.8 Å². The molecule has 3 N–H and O–H groups in total. The molecule has 10 nitrogen and oxygen atoms in total. The van der Waals surface area contributed by atoms with Gasteiger partial charge in [-0.1, -0.05) is 34.8 Å². The van der Waals surface area contributed by atoms with E-state index in [0.29, 0.717) is 39.2 Å². The number of piperidine rings is 1. The number of hydrogen-bond donors (Lipinski definition) is 3. The van der Waals surface area contributed by atoms with E-state index < -0.39 is 10.0 Å². The second-order valence-corrected chi connectivity index (χ2v) is 14.4. The van der Waals surface area contributed by atoms with E-state index in [0.717, 1.165) is 50.0 Å². The van der Waals surface area contributed by atoms with Crippen molar-refractivity contribution in [3.63, 3.8) is 0 Å². The van der Waals surface area contributed by atoms with Gasteiger partial charge in [0.25, 0.3) is 0 Å². The first-order valence-corrected chi connectivity index (χ1v) is 17.2. The Labute approximate surface area is 268 Å². The zero-order valence-corrected chi connectivity index (χ0v) is 27.7. The van der Waals surface area contributed by atoms with Crippen LogP contribution in [0.25, 0.3) is 0 Å². The maximum atomic E-state index is 11.8. The molecule has 0 radical (unpaired) electrons. The Morgan fingerprint density at radius 2 is 1.67 bits per heavy atom. The SMILES string of the molecule is Cc1cc(Nc2ncc(Cl)c(Nc3cc(Cl)ccc3NS(C)(=O)=O)n2)c(Cl)cc1N1CCC(N2CCC(N(C)C)C2)CC1. The lowest BCUT2D eigenvalue weighted by Gasteiger charge is -2.38. The van der Waals surface area contributed by atoms with E-state index in [1.165, 1.54) is 19.2 Å². The van der Waals surface area contributed by atoms with Crippen molar-refractivity contribution in [2.24, 2.45) is 0 Å². The molecule has 2 aromatic carbocycles. The summed E-state index contributed by atoms with van der Waals surface area (Å²) in [6, 6.07) is 10.0. The maximum absolute atomic E-state index is 11.8. The molecular weight excluding hydrogens is 631 g/mol. The molecule has 14 heteroatoms.